The highest BCUT2D eigenvalue weighted by Crippen LogP contribution is 2.18. The average molecular weight is 433 g/mol. The standard InChI is InChI=1S/C14H21IN6O2/c1-14(2,3)23-13(22)21-5-4-8(6-21)20-12-9(10(15)16)11(17)18-7-19-12/h7-8,16H,4-6H2,1-3H3,(H3,17,18,19,20)/p+1. The molecule has 1 aliphatic heterocycles. The SMILES string of the molecule is CC(C)(C)OC(=O)N1CCC([NH2+]c2ncnc(N)c2C(=N)I)C1. The number of carbonyl (C=O) groups excluding carboxylic acids is 1. The number of hydrogen-bond donors (Lipinski definition) is 3. The van der Waals surface area contributed by atoms with E-state index >= 15 is 0 Å². The molecule has 0 aromatic carbocycles. The van der Waals surface area contributed by atoms with E-state index in [1.165, 1.54) is 6.33 Å². The number of halogens is 1. The molecule has 1 amide bonds. The molecule has 8 nitrogen and oxygen atoms in total. The van der Waals surface area contributed by atoms with Gasteiger partial charge in [0.1, 0.15) is 33.1 Å². The topological polar surface area (TPSA) is 122 Å². The van der Waals surface area contributed by atoms with E-state index in [4.69, 9.17) is 15.9 Å². The molecule has 0 spiro atoms. The molecule has 0 saturated carbocycles. The Bertz CT molecular complexity index is 616. The average Bonchev–Trinajstić information content (AvgIpc) is 2.85. The van der Waals surface area contributed by atoms with Crippen LogP contribution in [0.15, 0.2) is 6.33 Å². The molecule has 1 unspecified atom stereocenters. The minimum Gasteiger partial charge on any atom is -0.444 e. The fourth-order valence-electron chi connectivity index (χ4n) is 2.40. The maximum Gasteiger partial charge on any atom is 0.410 e. The van der Waals surface area contributed by atoms with Crippen molar-refractivity contribution in [1.29, 1.82) is 5.41 Å². The molecule has 0 aliphatic carbocycles. The Morgan fingerprint density at radius 1 is 1.52 bits per heavy atom. The summed E-state index contributed by atoms with van der Waals surface area (Å²) in [5.41, 5.74) is 5.89. The van der Waals surface area contributed by atoms with E-state index in [9.17, 15) is 4.79 Å². The van der Waals surface area contributed by atoms with Crippen molar-refractivity contribution < 1.29 is 14.8 Å². The number of ether oxygens (including phenoxy) is 1. The molecule has 1 fully saturated rings. The molecule has 1 saturated heterocycles. The van der Waals surface area contributed by atoms with Gasteiger partial charge in [-0.25, -0.2) is 9.78 Å². The molecule has 1 aromatic heterocycles. The van der Waals surface area contributed by atoms with Crippen LogP contribution in [0, 0.1) is 5.41 Å². The molecule has 0 bridgehead atoms. The Kier molecular flexibility index (Phi) is 5.40. The van der Waals surface area contributed by atoms with Crippen molar-refractivity contribution in [1.82, 2.24) is 14.9 Å². The van der Waals surface area contributed by atoms with E-state index in [0.29, 0.717) is 34.0 Å². The Labute approximate surface area is 148 Å². The molecule has 126 valence electrons. The zero-order chi connectivity index (χ0) is 17.2. The van der Waals surface area contributed by atoms with Gasteiger partial charge in [-0.05, 0) is 43.4 Å². The first kappa shape index (κ1) is 17.9. The third-order valence-corrected chi connectivity index (χ3v) is 3.93. The lowest BCUT2D eigenvalue weighted by molar-refractivity contribution is -0.610. The van der Waals surface area contributed by atoms with Gasteiger partial charge in [0.25, 0.3) is 0 Å². The van der Waals surface area contributed by atoms with Crippen LogP contribution in [0.2, 0.25) is 0 Å². The largest absolute Gasteiger partial charge is 0.444 e. The van der Waals surface area contributed by atoms with Gasteiger partial charge < -0.3 is 15.4 Å². The minimum absolute atomic E-state index is 0.159. The molecular weight excluding hydrogens is 411 g/mol. The number of rotatable bonds is 3. The van der Waals surface area contributed by atoms with Crippen molar-refractivity contribution >= 4 is 44.0 Å². The predicted molar refractivity (Wildman–Crippen MR) is 95.1 cm³/mol. The summed E-state index contributed by atoms with van der Waals surface area (Å²) in [5.74, 6) is 0.945. The first-order valence-corrected chi connectivity index (χ1v) is 8.43. The highest BCUT2D eigenvalue weighted by Gasteiger charge is 2.33. The predicted octanol–water partition coefficient (Wildman–Crippen LogP) is 1.02. The summed E-state index contributed by atoms with van der Waals surface area (Å²) in [5, 5.41) is 9.78. The number of nitrogens with one attached hydrogen (secondary N) is 1. The lowest BCUT2D eigenvalue weighted by atomic mass is 10.2. The third kappa shape index (κ3) is 4.74. The van der Waals surface area contributed by atoms with E-state index in [2.05, 4.69) is 9.97 Å². The van der Waals surface area contributed by atoms with Gasteiger partial charge in [-0.15, -0.1) is 0 Å². The summed E-state index contributed by atoms with van der Waals surface area (Å²) in [6.45, 7) is 6.78. The van der Waals surface area contributed by atoms with Crippen LogP contribution in [0.4, 0.5) is 16.4 Å². The second-order valence-electron chi connectivity index (χ2n) is 6.47. The van der Waals surface area contributed by atoms with Gasteiger partial charge in [0.05, 0.1) is 6.54 Å². The van der Waals surface area contributed by atoms with E-state index < -0.39 is 5.60 Å². The number of amides is 1. The third-order valence-electron chi connectivity index (χ3n) is 3.40. The number of carbonyl (C=O) groups is 1. The van der Waals surface area contributed by atoms with Crippen molar-refractivity contribution in [3.05, 3.63) is 11.9 Å². The number of quaternary nitrogens is 1. The molecule has 1 aromatic rings. The van der Waals surface area contributed by atoms with Crippen LogP contribution in [0.3, 0.4) is 0 Å². The molecule has 2 rings (SSSR count). The molecular formula is C14H22IN6O2+. The van der Waals surface area contributed by atoms with Gasteiger partial charge in [0.15, 0.2) is 0 Å². The summed E-state index contributed by atoms with van der Waals surface area (Å²) in [6, 6.07) is 0.159. The van der Waals surface area contributed by atoms with E-state index in [1.807, 2.05) is 48.7 Å². The lowest BCUT2D eigenvalue weighted by Crippen LogP contribution is -2.86. The Morgan fingerprint density at radius 3 is 2.83 bits per heavy atom. The number of nitrogen functional groups attached to an aromatic ring is 1. The molecule has 2 heterocycles. The van der Waals surface area contributed by atoms with E-state index in [-0.39, 0.29) is 12.1 Å². The molecule has 5 N–H and O–H groups in total. The molecule has 1 aliphatic rings. The number of nitrogens with zero attached hydrogens (tertiary/aromatic N) is 3. The van der Waals surface area contributed by atoms with E-state index in [0.717, 1.165) is 6.42 Å². The summed E-state index contributed by atoms with van der Waals surface area (Å²) < 4.78 is 5.69. The van der Waals surface area contributed by atoms with Crippen LogP contribution in [0.5, 0.6) is 0 Å². The first-order valence-electron chi connectivity index (χ1n) is 7.35. The van der Waals surface area contributed by atoms with Crippen molar-refractivity contribution in [2.75, 3.05) is 18.8 Å². The monoisotopic (exact) mass is 433 g/mol. The van der Waals surface area contributed by atoms with Crippen LogP contribution < -0.4 is 11.1 Å². The zero-order valence-corrected chi connectivity index (χ0v) is 15.6. The fraction of sp³-hybridized carbons (Fsp3) is 0.571. The van der Waals surface area contributed by atoms with Crippen molar-refractivity contribution in [2.45, 2.75) is 38.8 Å². The van der Waals surface area contributed by atoms with Gasteiger partial charge in [-0.2, -0.15) is 4.98 Å². The van der Waals surface area contributed by atoms with E-state index in [1.54, 1.807) is 4.90 Å². The van der Waals surface area contributed by atoms with Gasteiger partial charge in [0.2, 0.25) is 5.82 Å². The van der Waals surface area contributed by atoms with Crippen LogP contribution in [-0.4, -0.2) is 49.4 Å². The maximum atomic E-state index is 12.1. The highest BCUT2D eigenvalue weighted by atomic mass is 127. The number of nitrogens with two attached hydrogens (primary N) is 2. The number of anilines is 1. The number of hydrogen-bond acceptors (Lipinski definition) is 6. The van der Waals surface area contributed by atoms with Crippen LogP contribution in [0.1, 0.15) is 32.8 Å². The molecule has 9 heteroatoms. The highest BCUT2D eigenvalue weighted by molar-refractivity contribution is 14.1. The normalized spacial score (nSPS) is 18.1. The Balaban J connectivity index is 2.03. The molecule has 23 heavy (non-hydrogen) atoms. The molecule has 0 radical (unpaired) electrons. The fourth-order valence-corrected chi connectivity index (χ4v) is 2.96. The van der Waals surface area contributed by atoms with Crippen molar-refractivity contribution in [2.24, 2.45) is 0 Å². The van der Waals surface area contributed by atoms with Crippen molar-refractivity contribution in [3.8, 4) is 0 Å². The Morgan fingerprint density at radius 2 is 2.22 bits per heavy atom. The molecule has 1 atom stereocenters. The van der Waals surface area contributed by atoms with Crippen LogP contribution in [0.25, 0.3) is 0 Å². The van der Waals surface area contributed by atoms with Gasteiger partial charge in [-0.1, -0.05) is 0 Å². The zero-order valence-electron chi connectivity index (χ0n) is 13.5. The van der Waals surface area contributed by atoms with Gasteiger partial charge in [-0.3, -0.25) is 10.7 Å². The second kappa shape index (κ2) is 6.95. The second-order valence-corrected chi connectivity index (χ2v) is 7.55. The van der Waals surface area contributed by atoms with Crippen molar-refractivity contribution in [3.63, 3.8) is 0 Å². The quantitative estimate of drug-likeness (QED) is 0.486. The van der Waals surface area contributed by atoms with Crippen LogP contribution >= 0.6 is 22.6 Å². The lowest BCUT2D eigenvalue weighted by Gasteiger charge is -2.24. The van der Waals surface area contributed by atoms with Gasteiger partial charge >= 0.3 is 6.09 Å². The van der Waals surface area contributed by atoms with Crippen LogP contribution in [-0.2, 0) is 4.74 Å². The summed E-state index contributed by atoms with van der Waals surface area (Å²) in [7, 11) is 0. The minimum atomic E-state index is -0.497. The summed E-state index contributed by atoms with van der Waals surface area (Å²) in [4.78, 5) is 22.0. The smallest absolute Gasteiger partial charge is 0.410 e. The summed E-state index contributed by atoms with van der Waals surface area (Å²) >= 11 is 1.89. The number of aromatic nitrogens is 2. The first-order chi connectivity index (χ1) is 10.7. The maximum absolute atomic E-state index is 12.1. The number of likely N-dealkylation sites (tertiary alicyclic amines) is 1. The van der Waals surface area contributed by atoms with Gasteiger partial charge in [0, 0.05) is 13.0 Å². The summed E-state index contributed by atoms with van der Waals surface area (Å²) in [6.07, 6.45) is 1.93. The Hall–Kier alpha value is -1.49.